The molecule has 168 valence electrons. The molecule has 0 spiro atoms. The molecule has 0 atom stereocenters. The van der Waals surface area contributed by atoms with Gasteiger partial charge in [-0.1, -0.05) is 32.4 Å². The molecule has 1 aromatic heterocycles. The summed E-state index contributed by atoms with van der Waals surface area (Å²) >= 11 is 7.56. The zero-order valence-corrected chi connectivity index (χ0v) is 20.1. The SMILES string of the molecule is CCOc1cc(/C=c2/s/c(=C/C(=O)C(C)(C)C)[nH]c2=O)cc(Cl)c1OCC(=O)N(C)C. The molecule has 0 bridgehead atoms. The lowest BCUT2D eigenvalue weighted by atomic mass is 9.91. The number of Topliss-reactive ketones (excluding diaryl/α,β-unsaturated/α-hetero) is 1. The van der Waals surface area contributed by atoms with E-state index in [2.05, 4.69) is 4.98 Å². The number of hydrogen-bond donors (Lipinski definition) is 1. The molecule has 0 aliphatic heterocycles. The summed E-state index contributed by atoms with van der Waals surface area (Å²) in [6, 6.07) is 3.32. The summed E-state index contributed by atoms with van der Waals surface area (Å²) in [7, 11) is 3.27. The minimum absolute atomic E-state index is 0.0769. The Morgan fingerprint density at radius 1 is 1.23 bits per heavy atom. The summed E-state index contributed by atoms with van der Waals surface area (Å²) in [4.78, 5) is 40.5. The van der Waals surface area contributed by atoms with Gasteiger partial charge in [0.05, 0.1) is 20.8 Å². The molecule has 2 rings (SSSR count). The normalized spacial score (nSPS) is 12.7. The molecule has 0 fully saturated rings. The Hall–Kier alpha value is -2.58. The number of hydrogen-bond acceptors (Lipinski definition) is 6. The number of nitrogens with zero attached hydrogens (tertiary/aromatic N) is 1. The largest absolute Gasteiger partial charge is 0.490 e. The molecule has 0 radical (unpaired) electrons. The zero-order chi connectivity index (χ0) is 23.3. The van der Waals surface area contributed by atoms with Crippen LogP contribution < -0.4 is 24.2 Å². The predicted molar refractivity (Wildman–Crippen MR) is 123 cm³/mol. The van der Waals surface area contributed by atoms with E-state index in [1.807, 2.05) is 27.7 Å². The fourth-order valence-electron chi connectivity index (χ4n) is 2.35. The van der Waals surface area contributed by atoms with Crippen molar-refractivity contribution in [2.75, 3.05) is 27.3 Å². The average molecular weight is 467 g/mol. The number of halogens is 1. The third kappa shape index (κ3) is 6.70. The lowest BCUT2D eigenvalue weighted by Gasteiger charge is -2.16. The molecule has 7 nitrogen and oxygen atoms in total. The first-order valence-corrected chi connectivity index (χ1v) is 10.9. The monoisotopic (exact) mass is 466 g/mol. The second-order valence-corrected chi connectivity index (χ2v) is 9.52. The molecule has 2 aromatic rings. The molecule has 1 N–H and O–H groups in total. The van der Waals surface area contributed by atoms with Crippen LogP contribution in [0, 0.1) is 5.41 Å². The van der Waals surface area contributed by atoms with Gasteiger partial charge in [0.15, 0.2) is 23.9 Å². The van der Waals surface area contributed by atoms with Crippen LogP contribution in [-0.4, -0.2) is 48.9 Å². The number of amides is 1. The Labute approximate surface area is 189 Å². The predicted octanol–water partition coefficient (Wildman–Crippen LogP) is 2.18. The van der Waals surface area contributed by atoms with Crippen LogP contribution in [0.2, 0.25) is 5.02 Å². The molecule has 1 amide bonds. The van der Waals surface area contributed by atoms with E-state index < -0.39 is 5.41 Å². The van der Waals surface area contributed by atoms with Crippen molar-refractivity contribution >= 4 is 46.8 Å². The third-order valence-electron chi connectivity index (χ3n) is 4.15. The van der Waals surface area contributed by atoms with E-state index >= 15 is 0 Å². The Kier molecular flexibility index (Phi) is 8.08. The first-order chi connectivity index (χ1) is 14.4. The number of ketones is 1. The van der Waals surface area contributed by atoms with Crippen LogP contribution in [0.25, 0.3) is 12.2 Å². The highest BCUT2D eigenvalue weighted by atomic mass is 35.5. The minimum Gasteiger partial charge on any atom is -0.490 e. The molecule has 1 aromatic carbocycles. The van der Waals surface area contributed by atoms with E-state index in [1.165, 1.54) is 22.3 Å². The fraction of sp³-hybridized carbons (Fsp3) is 0.409. The van der Waals surface area contributed by atoms with E-state index in [1.54, 1.807) is 32.3 Å². The van der Waals surface area contributed by atoms with Crippen LogP contribution in [0.5, 0.6) is 11.5 Å². The van der Waals surface area contributed by atoms with Crippen LogP contribution in [0.15, 0.2) is 16.9 Å². The number of rotatable bonds is 7. The molecule has 0 aliphatic rings. The van der Waals surface area contributed by atoms with Crippen LogP contribution in [0.1, 0.15) is 33.3 Å². The number of aromatic amines is 1. The number of thiazole rings is 1. The summed E-state index contributed by atoms with van der Waals surface area (Å²) in [6.07, 6.45) is 3.10. The maximum atomic E-state index is 12.3. The minimum atomic E-state index is -0.533. The van der Waals surface area contributed by atoms with Gasteiger partial charge >= 0.3 is 0 Å². The van der Waals surface area contributed by atoms with Crippen LogP contribution in [0.3, 0.4) is 0 Å². The molecule has 0 aliphatic carbocycles. The first-order valence-electron chi connectivity index (χ1n) is 9.68. The lowest BCUT2D eigenvalue weighted by Crippen LogP contribution is -2.27. The number of carbonyl (C=O) groups excluding carboxylic acids is 2. The summed E-state index contributed by atoms with van der Waals surface area (Å²) in [5.41, 5.74) is -0.209. The lowest BCUT2D eigenvalue weighted by molar-refractivity contribution is -0.130. The zero-order valence-electron chi connectivity index (χ0n) is 18.5. The number of nitrogens with one attached hydrogen (secondary N) is 1. The van der Waals surface area contributed by atoms with Gasteiger partial charge < -0.3 is 19.4 Å². The highest BCUT2D eigenvalue weighted by Gasteiger charge is 2.19. The van der Waals surface area contributed by atoms with Crippen molar-refractivity contribution < 1.29 is 19.1 Å². The van der Waals surface area contributed by atoms with Gasteiger partial charge in [-0.25, -0.2) is 0 Å². The van der Waals surface area contributed by atoms with Crippen molar-refractivity contribution in [3.63, 3.8) is 0 Å². The van der Waals surface area contributed by atoms with Crippen LogP contribution in [0.4, 0.5) is 0 Å². The van der Waals surface area contributed by atoms with Gasteiger partial charge in [0.25, 0.3) is 11.5 Å². The van der Waals surface area contributed by atoms with Gasteiger partial charge in [-0.15, -0.1) is 11.3 Å². The van der Waals surface area contributed by atoms with Gasteiger partial charge in [-0.3, -0.25) is 14.4 Å². The molecular formula is C22H27ClN2O5S. The van der Waals surface area contributed by atoms with E-state index in [0.29, 0.717) is 27.1 Å². The van der Waals surface area contributed by atoms with E-state index in [4.69, 9.17) is 21.1 Å². The number of ether oxygens (including phenoxy) is 2. The number of aromatic nitrogens is 1. The number of likely N-dealkylation sites (N-methyl/N-ethyl adjacent to an activating group) is 1. The van der Waals surface area contributed by atoms with Crippen molar-refractivity contribution in [1.29, 1.82) is 0 Å². The summed E-state index contributed by atoms with van der Waals surface area (Å²) < 4.78 is 12.1. The van der Waals surface area contributed by atoms with Gasteiger partial charge in [-0.2, -0.15) is 0 Å². The van der Waals surface area contributed by atoms with Crippen molar-refractivity contribution in [3.8, 4) is 11.5 Å². The molecule has 0 unspecified atom stereocenters. The summed E-state index contributed by atoms with van der Waals surface area (Å²) in [5.74, 6) is 0.344. The highest BCUT2D eigenvalue weighted by Crippen LogP contribution is 2.37. The quantitative estimate of drug-likeness (QED) is 0.675. The van der Waals surface area contributed by atoms with E-state index in [0.717, 1.165) is 0 Å². The smallest absolute Gasteiger partial charge is 0.266 e. The Bertz CT molecular complexity index is 1140. The van der Waals surface area contributed by atoms with Crippen LogP contribution in [-0.2, 0) is 9.59 Å². The first kappa shape index (κ1) is 24.7. The van der Waals surface area contributed by atoms with Gasteiger partial charge in [-0.05, 0) is 30.7 Å². The molecule has 9 heteroatoms. The second-order valence-electron chi connectivity index (χ2n) is 8.03. The number of benzene rings is 1. The Morgan fingerprint density at radius 2 is 1.90 bits per heavy atom. The molecule has 31 heavy (non-hydrogen) atoms. The average Bonchev–Trinajstić information content (AvgIpc) is 2.99. The van der Waals surface area contributed by atoms with E-state index in [-0.39, 0.29) is 34.6 Å². The second kappa shape index (κ2) is 10.2. The van der Waals surface area contributed by atoms with E-state index in [9.17, 15) is 14.4 Å². The molecule has 0 saturated heterocycles. The van der Waals surface area contributed by atoms with Gasteiger partial charge in [0.2, 0.25) is 0 Å². The Balaban J connectivity index is 2.45. The summed E-state index contributed by atoms with van der Waals surface area (Å²) in [6.45, 7) is 7.46. The molecular weight excluding hydrogens is 440 g/mol. The third-order valence-corrected chi connectivity index (χ3v) is 5.39. The van der Waals surface area contributed by atoms with Crippen molar-refractivity contribution in [2.24, 2.45) is 5.41 Å². The van der Waals surface area contributed by atoms with Gasteiger partial charge in [0.1, 0.15) is 0 Å². The maximum Gasteiger partial charge on any atom is 0.266 e. The van der Waals surface area contributed by atoms with Crippen molar-refractivity contribution in [1.82, 2.24) is 9.88 Å². The number of carbonyl (C=O) groups is 2. The fourth-order valence-corrected chi connectivity index (χ4v) is 3.51. The maximum absolute atomic E-state index is 12.3. The van der Waals surface area contributed by atoms with Crippen LogP contribution >= 0.6 is 22.9 Å². The molecule has 0 saturated carbocycles. The standard InChI is InChI=1S/C22H27ClN2O5S/c1-7-29-15-9-13(8-14(23)20(15)30-12-19(27)25(5)6)10-16-21(28)24-18(31-16)11-17(26)22(2,3)4/h8-11H,7,12H2,1-6H3,(H,24,28)/b16-10+,18-11+. The highest BCUT2D eigenvalue weighted by molar-refractivity contribution is 7.07. The topological polar surface area (TPSA) is 88.7 Å². The van der Waals surface area contributed by atoms with Crippen molar-refractivity contribution in [2.45, 2.75) is 27.7 Å². The number of H-pyrrole nitrogens is 1. The summed E-state index contributed by atoms with van der Waals surface area (Å²) in [5, 5.41) is 0.256. The molecule has 1 heterocycles. The van der Waals surface area contributed by atoms with Crippen molar-refractivity contribution in [3.05, 3.63) is 42.3 Å². The Morgan fingerprint density at radius 3 is 2.48 bits per heavy atom. The van der Waals surface area contributed by atoms with Gasteiger partial charge in [0, 0.05) is 25.6 Å².